The Labute approximate surface area is 189 Å². The van der Waals surface area contributed by atoms with Crippen molar-refractivity contribution in [2.75, 3.05) is 17.8 Å². The molecule has 0 saturated heterocycles. The van der Waals surface area contributed by atoms with E-state index in [1.54, 1.807) is 30.3 Å². The first kappa shape index (κ1) is 21.5. The van der Waals surface area contributed by atoms with E-state index in [4.69, 9.17) is 4.74 Å². The number of rotatable bonds is 6. The number of methoxy groups -OCH3 is 1. The number of hydrogen-bond acceptors (Lipinski definition) is 5. The van der Waals surface area contributed by atoms with Gasteiger partial charge in [0.05, 0.1) is 24.1 Å². The summed E-state index contributed by atoms with van der Waals surface area (Å²) in [5.41, 5.74) is 2.01. The zero-order chi connectivity index (χ0) is 22.5. The number of nitrogens with zero attached hydrogens (tertiary/aromatic N) is 2. The lowest BCUT2D eigenvalue weighted by Gasteiger charge is -2.17. The van der Waals surface area contributed by atoms with E-state index in [-0.39, 0.29) is 23.1 Å². The normalized spacial score (nSPS) is 14.6. The largest absolute Gasteiger partial charge is 0.496 e. The van der Waals surface area contributed by atoms with Gasteiger partial charge in [0.15, 0.2) is 11.0 Å². The maximum atomic E-state index is 13.4. The minimum absolute atomic E-state index is 0.0583. The molecule has 0 unspecified atom stereocenters. The topological polar surface area (TPSA) is 59.0 Å². The molecule has 160 valence electrons. The highest BCUT2D eigenvalue weighted by Crippen LogP contribution is 2.30. The highest BCUT2D eigenvalue weighted by Gasteiger charge is 2.32. The number of benzene rings is 3. The van der Waals surface area contributed by atoms with Crippen molar-refractivity contribution in [1.82, 2.24) is 0 Å². The molecule has 0 radical (unpaired) electrons. The number of anilines is 1. The molecule has 5 nitrogen and oxygen atoms in total. The van der Waals surface area contributed by atoms with Crippen LogP contribution in [0.1, 0.15) is 15.9 Å². The molecular weight excluding hydrogens is 427 g/mol. The third-order valence-electron chi connectivity index (χ3n) is 4.76. The smallest absolute Gasteiger partial charge is 0.283 e. The van der Waals surface area contributed by atoms with Crippen LogP contribution in [-0.4, -0.2) is 29.7 Å². The second-order valence-corrected chi connectivity index (χ2v) is 7.81. The van der Waals surface area contributed by atoms with E-state index in [9.17, 15) is 14.0 Å². The Hall–Kier alpha value is -3.71. The molecule has 3 aromatic carbocycles. The van der Waals surface area contributed by atoms with Crippen LogP contribution in [0.25, 0.3) is 6.08 Å². The lowest BCUT2D eigenvalue weighted by molar-refractivity contribution is -0.113. The molecular formula is C25H19FN2O3S. The number of carbonyl (C=O) groups is 2. The van der Waals surface area contributed by atoms with Crippen molar-refractivity contribution in [1.29, 1.82) is 0 Å². The molecule has 0 atom stereocenters. The fourth-order valence-corrected chi connectivity index (χ4v) is 4.10. The van der Waals surface area contributed by atoms with Gasteiger partial charge in [-0.05, 0) is 48.0 Å². The molecule has 1 heterocycles. The molecule has 7 heteroatoms. The van der Waals surface area contributed by atoms with Crippen molar-refractivity contribution in [3.63, 3.8) is 0 Å². The standard InChI is InChI=1S/C25H19FN2O3S/c1-31-23-10-6-5-9-20(23)22(29)16-32-25-27-21(15-17-7-3-2-4-8-17)24(30)28(25)19-13-11-18(26)12-14-19/h2-15H,16H2,1H3/b21-15-. The third-order valence-corrected chi connectivity index (χ3v) is 5.70. The molecule has 0 bridgehead atoms. The van der Waals surface area contributed by atoms with E-state index < -0.39 is 5.82 Å². The lowest BCUT2D eigenvalue weighted by Crippen LogP contribution is -2.30. The molecule has 0 aliphatic carbocycles. The van der Waals surface area contributed by atoms with Crippen LogP contribution in [0, 0.1) is 5.82 Å². The van der Waals surface area contributed by atoms with E-state index >= 15 is 0 Å². The minimum atomic E-state index is -0.405. The molecule has 0 saturated carbocycles. The number of hydrogen-bond donors (Lipinski definition) is 0. The molecule has 0 N–H and O–H groups in total. The highest BCUT2D eigenvalue weighted by molar-refractivity contribution is 8.14. The Morgan fingerprint density at radius 1 is 1.03 bits per heavy atom. The molecule has 1 amide bonds. The predicted molar refractivity (Wildman–Crippen MR) is 126 cm³/mol. The Balaban J connectivity index is 1.63. The van der Waals surface area contributed by atoms with Crippen molar-refractivity contribution >= 4 is 40.4 Å². The summed E-state index contributed by atoms with van der Waals surface area (Å²) in [6.45, 7) is 0. The number of aliphatic imine (C=N–C) groups is 1. The Kier molecular flexibility index (Phi) is 6.47. The summed E-state index contributed by atoms with van der Waals surface area (Å²) in [6, 6.07) is 21.9. The van der Waals surface area contributed by atoms with E-state index in [0.29, 0.717) is 22.2 Å². The van der Waals surface area contributed by atoms with Gasteiger partial charge in [-0.2, -0.15) is 0 Å². The zero-order valence-corrected chi connectivity index (χ0v) is 18.0. The summed E-state index contributed by atoms with van der Waals surface area (Å²) in [5.74, 6) is -0.349. The molecule has 0 fully saturated rings. The van der Waals surface area contributed by atoms with Crippen molar-refractivity contribution in [3.8, 4) is 5.75 Å². The maximum absolute atomic E-state index is 13.4. The number of Topliss-reactive ketones (excluding diaryl/α,β-unsaturated/α-hetero) is 1. The van der Waals surface area contributed by atoms with Gasteiger partial charge in [0.25, 0.3) is 5.91 Å². The SMILES string of the molecule is COc1ccccc1C(=O)CSC1=N/C(=C\c2ccccc2)C(=O)N1c1ccc(F)cc1. The summed E-state index contributed by atoms with van der Waals surface area (Å²) >= 11 is 1.15. The van der Waals surface area contributed by atoms with Crippen molar-refractivity contribution in [2.24, 2.45) is 4.99 Å². The first-order valence-corrected chi connectivity index (χ1v) is 10.8. The predicted octanol–water partition coefficient (Wildman–Crippen LogP) is 5.19. The zero-order valence-electron chi connectivity index (χ0n) is 17.2. The number of ketones is 1. The van der Waals surface area contributed by atoms with Crippen LogP contribution in [0.15, 0.2) is 89.6 Å². The number of amides is 1. The van der Waals surface area contributed by atoms with E-state index in [0.717, 1.165) is 17.3 Å². The number of ether oxygens (including phenoxy) is 1. The van der Waals surface area contributed by atoms with Crippen molar-refractivity contribution in [2.45, 2.75) is 0 Å². The third kappa shape index (κ3) is 4.63. The summed E-state index contributed by atoms with van der Waals surface area (Å²) in [6.07, 6.45) is 1.69. The first-order chi connectivity index (χ1) is 15.6. The Morgan fingerprint density at radius 3 is 2.44 bits per heavy atom. The van der Waals surface area contributed by atoms with Crippen LogP contribution in [0.2, 0.25) is 0 Å². The van der Waals surface area contributed by atoms with Gasteiger partial charge in [-0.15, -0.1) is 0 Å². The number of halogens is 1. The van der Waals surface area contributed by atoms with Gasteiger partial charge in [-0.3, -0.25) is 14.5 Å². The van der Waals surface area contributed by atoms with Gasteiger partial charge < -0.3 is 4.74 Å². The molecule has 0 spiro atoms. The molecule has 32 heavy (non-hydrogen) atoms. The quantitative estimate of drug-likeness (QED) is 0.386. The second kappa shape index (κ2) is 9.62. The minimum Gasteiger partial charge on any atom is -0.496 e. The maximum Gasteiger partial charge on any atom is 0.283 e. The van der Waals surface area contributed by atoms with E-state index in [1.807, 2.05) is 30.3 Å². The molecule has 4 rings (SSSR count). The van der Waals surface area contributed by atoms with Crippen LogP contribution in [0.5, 0.6) is 5.75 Å². The monoisotopic (exact) mass is 446 g/mol. The summed E-state index contributed by atoms with van der Waals surface area (Å²) in [4.78, 5) is 31.8. The van der Waals surface area contributed by atoms with Gasteiger partial charge in [-0.1, -0.05) is 54.2 Å². The van der Waals surface area contributed by atoms with Crippen molar-refractivity contribution in [3.05, 3.63) is 102 Å². The fraction of sp³-hybridized carbons (Fsp3) is 0.0800. The number of para-hydroxylation sites is 1. The van der Waals surface area contributed by atoms with Crippen LogP contribution < -0.4 is 9.64 Å². The molecule has 1 aliphatic rings. The highest BCUT2D eigenvalue weighted by atomic mass is 32.2. The molecule has 3 aromatic rings. The second-order valence-electron chi connectivity index (χ2n) is 6.86. The van der Waals surface area contributed by atoms with Crippen molar-refractivity contribution < 1.29 is 18.7 Å². The van der Waals surface area contributed by atoms with Crippen LogP contribution >= 0.6 is 11.8 Å². The van der Waals surface area contributed by atoms with Gasteiger partial charge in [-0.25, -0.2) is 9.38 Å². The molecule has 0 aromatic heterocycles. The first-order valence-electron chi connectivity index (χ1n) is 9.81. The van der Waals surface area contributed by atoms with E-state index in [1.165, 1.54) is 36.3 Å². The van der Waals surface area contributed by atoms with Gasteiger partial charge in [0, 0.05) is 0 Å². The Morgan fingerprint density at radius 2 is 1.72 bits per heavy atom. The van der Waals surface area contributed by atoms with Crippen LogP contribution in [0.4, 0.5) is 10.1 Å². The van der Waals surface area contributed by atoms with Gasteiger partial charge in [0.1, 0.15) is 17.3 Å². The fourth-order valence-electron chi connectivity index (χ4n) is 3.20. The average Bonchev–Trinajstić information content (AvgIpc) is 3.13. The van der Waals surface area contributed by atoms with E-state index in [2.05, 4.69) is 4.99 Å². The summed E-state index contributed by atoms with van der Waals surface area (Å²) in [7, 11) is 1.51. The number of amidine groups is 1. The number of thioether (sulfide) groups is 1. The van der Waals surface area contributed by atoms with Crippen LogP contribution in [-0.2, 0) is 4.79 Å². The summed E-state index contributed by atoms with van der Waals surface area (Å²) in [5, 5.41) is 0.354. The van der Waals surface area contributed by atoms with Gasteiger partial charge in [0.2, 0.25) is 0 Å². The lowest BCUT2D eigenvalue weighted by atomic mass is 10.1. The molecule has 1 aliphatic heterocycles. The Bertz CT molecular complexity index is 1210. The van der Waals surface area contributed by atoms with Gasteiger partial charge >= 0.3 is 0 Å². The average molecular weight is 447 g/mol. The number of carbonyl (C=O) groups excluding carboxylic acids is 2. The van der Waals surface area contributed by atoms with Crippen LogP contribution in [0.3, 0.4) is 0 Å². The summed E-state index contributed by atoms with van der Waals surface area (Å²) < 4.78 is 18.7.